The number of aliphatic imine (C=N–C) groups is 1. The maximum atomic E-state index is 4.50. The average molecular weight is 438 g/mol. The Morgan fingerprint density at radius 1 is 1.36 bits per heavy atom. The van der Waals surface area contributed by atoms with E-state index < -0.39 is 0 Å². The van der Waals surface area contributed by atoms with Crippen molar-refractivity contribution in [2.24, 2.45) is 10.4 Å². The van der Waals surface area contributed by atoms with Crippen LogP contribution < -0.4 is 5.32 Å². The Hall–Kier alpha value is -0.370. The van der Waals surface area contributed by atoms with Crippen LogP contribution in [0.1, 0.15) is 50.7 Å². The largest absolute Gasteiger partial charge is 0.356 e. The third-order valence-electron chi connectivity index (χ3n) is 3.28. The van der Waals surface area contributed by atoms with Crippen LogP contribution >= 0.6 is 35.3 Å². The van der Waals surface area contributed by atoms with Gasteiger partial charge in [-0.05, 0) is 25.2 Å². The Labute approximate surface area is 156 Å². The van der Waals surface area contributed by atoms with Crippen molar-refractivity contribution in [2.75, 3.05) is 20.6 Å². The van der Waals surface area contributed by atoms with Crippen LogP contribution in [0.25, 0.3) is 0 Å². The fraction of sp³-hybridized carbons (Fsp3) is 0.750. The quantitative estimate of drug-likeness (QED) is 0.312. The molecule has 0 saturated carbocycles. The molecular weight excluding hydrogens is 407 g/mol. The maximum Gasteiger partial charge on any atom is 0.193 e. The second-order valence-corrected chi connectivity index (χ2v) is 7.77. The molecule has 0 saturated heterocycles. The van der Waals surface area contributed by atoms with Gasteiger partial charge >= 0.3 is 0 Å². The van der Waals surface area contributed by atoms with Crippen molar-refractivity contribution in [3.63, 3.8) is 0 Å². The predicted octanol–water partition coefficient (Wildman–Crippen LogP) is 4.29. The van der Waals surface area contributed by atoms with Gasteiger partial charge in [-0.3, -0.25) is 4.99 Å². The van der Waals surface area contributed by atoms with Crippen LogP contribution in [-0.2, 0) is 6.54 Å². The van der Waals surface area contributed by atoms with Crippen molar-refractivity contribution < 1.29 is 0 Å². The molecule has 0 atom stereocenters. The van der Waals surface area contributed by atoms with Crippen LogP contribution in [0.5, 0.6) is 0 Å². The molecule has 0 aliphatic rings. The average Bonchev–Trinajstić information content (AvgIpc) is 2.77. The minimum Gasteiger partial charge on any atom is -0.356 e. The lowest BCUT2D eigenvalue weighted by Gasteiger charge is -2.22. The van der Waals surface area contributed by atoms with Gasteiger partial charge in [0.15, 0.2) is 5.96 Å². The van der Waals surface area contributed by atoms with E-state index in [0.29, 0.717) is 5.41 Å². The second kappa shape index (κ2) is 10.4. The fourth-order valence-corrected chi connectivity index (χ4v) is 2.77. The second-order valence-electron chi connectivity index (χ2n) is 6.71. The molecular formula is C16H31IN4S. The SMILES string of the molecule is CN=C(NCCCCC(C)(C)C)N(C)Cc1csc(C)n1.I. The first kappa shape index (κ1) is 21.6. The highest BCUT2D eigenvalue weighted by atomic mass is 127. The third-order valence-corrected chi connectivity index (χ3v) is 4.10. The summed E-state index contributed by atoms with van der Waals surface area (Å²) in [5, 5.41) is 6.66. The van der Waals surface area contributed by atoms with E-state index in [1.54, 1.807) is 11.3 Å². The highest BCUT2D eigenvalue weighted by molar-refractivity contribution is 14.0. The number of hydrogen-bond donors (Lipinski definition) is 1. The molecule has 0 aliphatic heterocycles. The van der Waals surface area contributed by atoms with Gasteiger partial charge in [-0.15, -0.1) is 35.3 Å². The Balaban J connectivity index is 0.00000441. The lowest BCUT2D eigenvalue weighted by atomic mass is 9.90. The van der Waals surface area contributed by atoms with Gasteiger partial charge < -0.3 is 10.2 Å². The van der Waals surface area contributed by atoms with E-state index in [9.17, 15) is 0 Å². The number of aromatic nitrogens is 1. The highest BCUT2D eigenvalue weighted by Gasteiger charge is 2.10. The van der Waals surface area contributed by atoms with Crippen molar-refractivity contribution in [2.45, 2.75) is 53.5 Å². The first-order valence-electron chi connectivity index (χ1n) is 7.64. The number of halogens is 1. The predicted molar refractivity (Wildman–Crippen MR) is 108 cm³/mol. The summed E-state index contributed by atoms with van der Waals surface area (Å²) in [5.41, 5.74) is 1.54. The Morgan fingerprint density at radius 3 is 2.55 bits per heavy atom. The Morgan fingerprint density at radius 2 is 2.05 bits per heavy atom. The number of nitrogens with zero attached hydrogens (tertiary/aromatic N) is 3. The van der Waals surface area contributed by atoms with Crippen LogP contribution in [0, 0.1) is 12.3 Å². The van der Waals surface area contributed by atoms with Gasteiger partial charge in [-0.1, -0.05) is 27.2 Å². The molecule has 0 unspecified atom stereocenters. The van der Waals surface area contributed by atoms with Crippen LogP contribution in [0.3, 0.4) is 0 Å². The number of nitrogens with one attached hydrogen (secondary N) is 1. The summed E-state index contributed by atoms with van der Waals surface area (Å²) < 4.78 is 0. The minimum absolute atomic E-state index is 0. The normalized spacial score (nSPS) is 12.0. The van der Waals surface area contributed by atoms with Gasteiger partial charge in [0.25, 0.3) is 0 Å². The highest BCUT2D eigenvalue weighted by Crippen LogP contribution is 2.21. The van der Waals surface area contributed by atoms with Crippen LogP contribution in [-0.4, -0.2) is 36.5 Å². The first-order chi connectivity index (χ1) is 9.81. The van der Waals surface area contributed by atoms with E-state index >= 15 is 0 Å². The number of aryl methyl sites for hydroxylation is 1. The van der Waals surface area contributed by atoms with Gasteiger partial charge in [-0.2, -0.15) is 0 Å². The smallest absolute Gasteiger partial charge is 0.193 e. The summed E-state index contributed by atoms with van der Waals surface area (Å²) in [6, 6.07) is 0. The lowest BCUT2D eigenvalue weighted by molar-refractivity contribution is 0.359. The molecule has 0 aliphatic carbocycles. The van der Waals surface area contributed by atoms with Crippen molar-refractivity contribution in [3.8, 4) is 0 Å². The first-order valence-corrected chi connectivity index (χ1v) is 8.52. The van der Waals surface area contributed by atoms with E-state index in [1.165, 1.54) is 19.3 Å². The van der Waals surface area contributed by atoms with Crippen LogP contribution in [0.4, 0.5) is 0 Å². The summed E-state index contributed by atoms with van der Waals surface area (Å²) in [5.74, 6) is 0.941. The molecule has 1 rings (SSSR count). The minimum atomic E-state index is 0. The summed E-state index contributed by atoms with van der Waals surface area (Å²) in [6.45, 7) is 10.7. The van der Waals surface area contributed by atoms with Crippen molar-refractivity contribution in [3.05, 3.63) is 16.1 Å². The zero-order valence-corrected chi connectivity index (χ0v) is 17.9. The number of unbranched alkanes of at least 4 members (excludes halogenated alkanes) is 1. The molecule has 22 heavy (non-hydrogen) atoms. The zero-order valence-electron chi connectivity index (χ0n) is 14.8. The molecule has 0 amide bonds. The molecule has 1 heterocycles. The number of guanidine groups is 1. The molecule has 0 fully saturated rings. The molecule has 0 aromatic carbocycles. The maximum absolute atomic E-state index is 4.50. The molecule has 6 heteroatoms. The summed E-state index contributed by atoms with van der Waals surface area (Å²) in [7, 11) is 3.89. The number of thiazole rings is 1. The van der Waals surface area contributed by atoms with Crippen molar-refractivity contribution in [1.82, 2.24) is 15.2 Å². The molecule has 1 aromatic rings. The van der Waals surface area contributed by atoms with Crippen LogP contribution in [0.2, 0.25) is 0 Å². The van der Waals surface area contributed by atoms with E-state index in [1.807, 2.05) is 14.0 Å². The molecule has 128 valence electrons. The number of rotatable bonds is 6. The van der Waals surface area contributed by atoms with Gasteiger partial charge in [0.05, 0.1) is 17.2 Å². The van der Waals surface area contributed by atoms with Crippen molar-refractivity contribution in [1.29, 1.82) is 0 Å². The lowest BCUT2D eigenvalue weighted by Crippen LogP contribution is -2.39. The van der Waals surface area contributed by atoms with Gasteiger partial charge in [0.1, 0.15) is 0 Å². The Kier molecular flexibility index (Phi) is 10.2. The standard InChI is InChI=1S/C16H30N4S.HI/c1-13-19-14(12-21-13)11-20(6)15(17-5)18-10-8-7-9-16(2,3)4;/h12H,7-11H2,1-6H3,(H,17,18);1H. The van der Waals surface area contributed by atoms with Crippen molar-refractivity contribution >= 4 is 41.3 Å². The van der Waals surface area contributed by atoms with E-state index in [0.717, 1.165) is 29.8 Å². The fourth-order valence-electron chi connectivity index (χ4n) is 2.16. The zero-order chi connectivity index (χ0) is 15.9. The van der Waals surface area contributed by atoms with E-state index in [2.05, 4.69) is 53.4 Å². The molecule has 1 aromatic heterocycles. The topological polar surface area (TPSA) is 40.5 Å². The monoisotopic (exact) mass is 438 g/mol. The molecule has 1 N–H and O–H groups in total. The molecule has 0 bridgehead atoms. The number of hydrogen-bond acceptors (Lipinski definition) is 3. The Bertz CT molecular complexity index is 451. The van der Waals surface area contributed by atoms with E-state index in [4.69, 9.17) is 0 Å². The summed E-state index contributed by atoms with van der Waals surface area (Å²) in [4.78, 5) is 11.0. The van der Waals surface area contributed by atoms with Gasteiger partial charge in [0.2, 0.25) is 0 Å². The van der Waals surface area contributed by atoms with Gasteiger partial charge in [-0.25, -0.2) is 4.98 Å². The summed E-state index contributed by atoms with van der Waals surface area (Å²) >= 11 is 1.69. The van der Waals surface area contributed by atoms with Crippen LogP contribution in [0.15, 0.2) is 10.4 Å². The summed E-state index contributed by atoms with van der Waals surface area (Å²) in [6.07, 6.45) is 3.70. The molecule has 0 radical (unpaired) electrons. The third kappa shape index (κ3) is 8.92. The molecule has 0 spiro atoms. The van der Waals surface area contributed by atoms with E-state index in [-0.39, 0.29) is 24.0 Å². The molecule has 4 nitrogen and oxygen atoms in total. The van der Waals surface area contributed by atoms with Gasteiger partial charge in [0, 0.05) is 26.0 Å².